The Kier molecular flexibility index (Phi) is 4.33. The lowest BCUT2D eigenvalue weighted by Gasteiger charge is -2.14. The molecular weight excluding hydrogens is 228 g/mol. The molecule has 1 fully saturated rings. The topological polar surface area (TPSA) is 59.8 Å². The third-order valence-corrected chi connectivity index (χ3v) is 3.31. The third kappa shape index (κ3) is 3.31. The molecule has 5 nitrogen and oxygen atoms in total. The lowest BCUT2D eigenvalue weighted by Crippen LogP contribution is -2.30. The van der Waals surface area contributed by atoms with Crippen molar-refractivity contribution in [3.8, 4) is 0 Å². The number of amides is 1. The number of aromatic nitrogens is 3. The van der Waals surface area contributed by atoms with Crippen LogP contribution in [0.25, 0.3) is 0 Å². The van der Waals surface area contributed by atoms with Gasteiger partial charge in [-0.1, -0.05) is 20.3 Å². The van der Waals surface area contributed by atoms with Crippen molar-refractivity contribution < 1.29 is 4.79 Å². The van der Waals surface area contributed by atoms with Crippen LogP contribution in [-0.4, -0.2) is 27.2 Å². The van der Waals surface area contributed by atoms with Crippen LogP contribution in [0.1, 0.15) is 38.9 Å². The zero-order chi connectivity index (χ0) is 13.0. The fraction of sp³-hybridized carbons (Fsp3) is 0.769. The summed E-state index contributed by atoms with van der Waals surface area (Å²) < 4.78 is 1.93. The zero-order valence-corrected chi connectivity index (χ0v) is 11.2. The molecule has 2 rings (SSSR count). The molecule has 0 aliphatic carbocycles. The Labute approximate surface area is 108 Å². The van der Waals surface area contributed by atoms with Gasteiger partial charge in [-0.15, -0.1) is 0 Å². The highest BCUT2D eigenvalue weighted by atomic mass is 16.1. The van der Waals surface area contributed by atoms with Crippen LogP contribution in [0, 0.1) is 11.8 Å². The lowest BCUT2D eigenvalue weighted by atomic mass is 9.98. The Hall–Kier alpha value is -1.39. The molecule has 2 heterocycles. The number of hydrogen-bond acceptors (Lipinski definition) is 3. The third-order valence-electron chi connectivity index (χ3n) is 3.31. The second kappa shape index (κ2) is 5.98. The average Bonchev–Trinajstić information content (AvgIpc) is 2.62. The minimum atomic E-state index is 0.0580. The molecule has 100 valence electrons. The maximum absolute atomic E-state index is 11.9. The van der Waals surface area contributed by atoms with Crippen LogP contribution in [0.15, 0.2) is 6.33 Å². The molecule has 1 aliphatic rings. The monoisotopic (exact) mass is 250 g/mol. The van der Waals surface area contributed by atoms with Crippen molar-refractivity contribution in [2.45, 2.75) is 46.1 Å². The fourth-order valence-electron chi connectivity index (χ4n) is 2.36. The summed E-state index contributed by atoms with van der Waals surface area (Å²) in [6.07, 6.45) is 5.45. The summed E-state index contributed by atoms with van der Waals surface area (Å²) >= 11 is 0. The molecule has 1 unspecified atom stereocenters. The summed E-state index contributed by atoms with van der Waals surface area (Å²) in [5.74, 6) is 1.70. The molecule has 1 aromatic rings. The second-order valence-electron chi connectivity index (χ2n) is 5.44. The van der Waals surface area contributed by atoms with Gasteiger partial charge in [0.05, 0.1) is 0 Å². The molecule has 1 atom stereocenters. The first-order chi connectivity index (χ1) is 8.66. The fourth-order valence-corrected chi connectivity index (χ4v) is 2.36. The molecule has 1 amide bonds. The number of nitrogens with one attached hydrogen (secondary N) is 1. The van der Waals surface area contributed by atoms with Crippen molar-refractivity contribution >= 4 is 5.91 Å². The van der Waals surface area contributed by atoms with E-state index in [1.807, 2.05) is 4.68 Å². The van der Waals surface area contributed by atoms with E-state index < -0.39 is 0 Å². The van der Waals surface area contributed by atoms with Gasteiger partial charge in [0, 0.05) is 25.4 Å². The zero-order valence-electron chi connectivity index (χ0n) is 11.2. The van der Waals surface area contributed by atoms with E-state index in [1.165, 1.54) is 0 Å². The molecule has 1 aromatic heterocycles. The van der Waals surface area contributed by atoms with Crippen LogP contribution in [0.3, 0.4) is 0 Å². The number of hydrogen-bond donors (Lipinski definition) is 1. The van der Waals surface area contributed by atoms with Gasteiger partial charge in [0.2, 0.25) is 5.91 Å². The van der Waals surface area contributed by atoms with Gasteiger partial charge < -0.3 is 5.32 Å². The van der Waals surface area contributed by atoms with Crippen molar-refractivity contribution in [3.63, 3.8) is 0 Å². The van der Waals surface area contributed by atoms with Crippen LogP contribution in [-0.2, 0) is 17.8 Å². The van der Waals surface area contributed by atoms with E-state index in [9.17, 15) is 4.79 Å². The van der Waals surface area contributed by atoms with Gasteiger partial charge in [-0.2, -0.15) is 5.10 Å². The SMILES string of the molecule is CC(C)Cn1ncnc1CC1CCCCNC1=O. The Bertz CT molecular complexity index is 399. The van der Waals surface area contributed by atoms with Gasteiger partial charge >= 0.3 is 0 Å². The second-order valence-corrected chi connectivity index (χ2v) is 5.44. The van der Waals surface area contributed by atoms with Crippen LogP contribution in [0.2, 0.25) is 0 Å². The van der Waals surface area contributed by atoms with Gasteiger partial charge in [0.15, 0.2) is 0 Å². The van der Waals surface area contributed by atoms with Crippen molar-refractivity contribution in [1.82, 2.24) is 20.1 Å². The molecular formula is C13H22N4O. The minimum absolute atomic E-state index is 0.0580. The molecule has 0 aromatic carbocycles. The maximum Gasteiger partial charge on any atom is 0.223 e. The van der Waals surface area contributed by atoms with Gasteiger partial charge in [0.25, 0.3) is 0 Å². The summed E-state index contributed by atoms with van der Waals surface area (Å²) in [6, 6.07) is 0. The van der Waals surface area contributed by atoms with Crippen LogP contribution < -0.4 is 5.32 Å². The Balaban J connectivity index is 2.03. The lowest BCUT2D eigenvalue weighted by molar-refractivity contribution is -0.124. The summed E-state index contributed by atoms with van der Waals surface area (Å²) in [7, 11) is 0. The van der Waals surface area contributed by atoms with Crippen molar-refractivity contribution in [1.29, 1.82) is 0 Å². The smallest absolute Gasteiger partial charge is 0.223 e. The summed E-state index contributed by atoms with van der Waals surface area (Å²) in [5, 5.41) is 7.22. The van der Waals surface area contributed by atoms with E-state index in [-0.39, 0.29) is 11.8 Å². The molecule has 0 saturated carbocycles. The molecule has 0 radical (unpaired) electrons. The largest absolute Gasteiger partial charge is 0.356 e. The van der Waals surface area contributed by atoms with E-state index >= 15 is 0 Å². The first-order valence-electron chi connectivity index (χ1n) is 6.81. The van der Waals surface area contributed by atoms with Crippen LogP contribution in [0.4, 0.5) is 0 Å². The molecule has 0 bridgehead atoms. The summed E-state index contributed by atoms with van der Waals surface area (Å²) in [6.45, 7) is 5.99. The highest BCUT2D eigenvalue weighted by Gasteiger charge is 2.23. The molecule has 5 heteroatoms. The first-order valence-corrected chi connectivity index (χ1v) is 6.81. The van der Waals surface area contributed by atoms with Crippen molar-refractivity contribution in [2.24, 2.45) is 11.8 Å². The highest BCUT2D eigenvalue weighted by molar-refractivity contribution is 5.79. The predicted octanol–water partition coefficient (Wildman–Crippen LogP) is 1.39. The van der Waals surface area contributed by atoms with Gasteiger partial charge in [-0.25, -0.2) is 9.67 Å². The van der Waals surface area contributed by atoms with Crippen LogP contribution in [0.5, 0.6) is 0 Å². The minimum Gasteiger partial charge on any atom is -0.356 e. The average molecular weight is 250 g/mol. The highest BCUT2D eigenvalue weighted by Crippen LogP contribution is 2.17. The number of rotatable bonds is 4. The van der Waals surface area contributed by atoms with Crippen LogP contribution >= 0.6 is 0 Å². The normalized spacial score (nSPS) is 20.8. The standard InChI is InChI=1S/C13H22N4O/c1-10(2)8-17-12(15-9-16-17)7-11-5-3-4-6-14-13(11)18/h9-11H,3-8H2,1-2H3,(H,14,18). The number of nitrogens with zero attached hydrogens (tertiary/aromatic N) is 3. The van der Waals surface area contributed by atoms with E-state index in [0.29, 0.717) is 12.3 Å². The molecule has 0 spiro atoms. The van der Waals surface area contributed by atoms with E-state index in [0.717, 1.165) is 38.2 Å². The first kappa shape index (κ1) is 13.1. The molecule has 18 heavy (non-hydrogen) atoms. The van der Waals surface area contributed by atoms with E-state index in [1.54, 1.807) is 6.33 Å². The Morgan fingerprint density at radius 3 is 3.11 bits per heavy atom. The van der Waals surface area contributed by atoms with E-state index in [2.05, 4.69) is 29.2 Å². The Morgan fingerprint density at radius 2 is 2.33 bits per heavy atom. The maximum atomic E-state index is 11.9. The number of carbonyl (C=O) groups excluding carboxylic acids is 1. The molecule has 1 N–H and O–H groups in total. The molecule has 1 saturated heterocycles. The quantitative estimate of drug-likeness (QED) is 0.878. The summed E-state index contributed by atoms with van der Waals surface area (Å²) in [4.78, 5) is 16.2. The van der Waals surface area contributed by atoms with Gasteiger partial charge in [-0.3, -0.25) is 4.79 Å². The van der Waals surface area contributed by atoms with E-state index in [4.69, 9.17) is 0 Å². The van der Waals surface area contributed by atoms with Crippen molar-refractivity contribution in [3.05, 3.63) is 12.2 Å². The summed E-state index contributed by atoms with van der Waals surface area (Å²) in [5.41, 5.74) is 0. The van der Waals surface area contributed by atoms with Crippen molar-refractivity contribution in [2.75, 3.05) is 6.54 Å². The predicted molar refractivity (Wildman–Crippen MR) is 68.9 cm³/mol. The Morgan fingerprint density at radius 1 is 1.50 bits per heavy atom. The number of carbonyl (C=O) groups is 1. The van der Waals surface area contributed by atoms with Gasteiger partial charge in [-0.05, 0) is 18.8 Å². The molecule has 1 aliphatic heterocycles. The van der Waals surface area contributed by atoms with Gasteiger partial charge in [0.1, 0.15) is 12.2 Å².